The molecule has 1 atom stereocenters. The summed E-state index contributed by atoms with van der Waals surface area (Å²) in [4.78, 5) is 12.2. The first-order valence-corrected chi connectivity index (χ1v) is 7.55. The highest BCUT2D eigenvalue weighted by molar-refractivity contribution is 5.94. The first kappa shape index (κ1) is 16.8. The van der Waals surface area contributed by atoms with Gasteiger partial charge < -0.3 is 20.5 Å². The van der Waals surface area contributed by atoms with E-state index in [2.05, 4.69) is 5.32 Å². The minimum Gasteiger partial charge on any atom is -0.492 e. The van der Waals surface area contributed by atoms with Crippen LogP contribution in [0.3, 0.4) is 0 Å². The largest absolute Gasteiger partial charge is 0.492 e. The first-order valence-electron chi connectivity index (χ1n) is 7.55. The molecule has 0 saturated carbocycles. The van der Waals surface area contributed by atoms with Crippen molar-refractivity contribution in [2.45, 2.75) is 20.0 Å². The lowest BCUT2D eigenvalue weighted by Crippen LogP contribution is -2.30. The van der Waals surface area contributed by atoms with E-state index in [0.29, 0.717) is 24.6 Å². The van der Waals surface area contributed by atoms with Crippen molar-refractivity contribution in [3.8, 4) is 11.5 Å². The van der Waals surface area contributed by atoms with Crippen LogP contribution in [0.25, 0.3) is 0 Å². The number of hydrogen-bond donors (Lipinski definition) is 2. The first-order chi connectivity index (χ1) is 11.1. The van der Waals surface area contributed by atoms with Crippen molar-refractivity contribution >= 4 is 11.6 Å². The van der Waals surface area contributed by atoms with Gasteiger partial charge in [-0.05, 0) is 50.2 Å². The van der Waals surface area contributed by atoms with Crippen LogP contribution >= 0.6 is 0 Å². The van der Waals surface area contributed by atoms with Crippen LogP contribution in [0.2, 0.25) is 0 Å². The van der Waals surface area contributed by atoms with E-state index < -0.39 is 6.10 Å². The topological polar surface area (TPSA) is 73.6 Å². The second-order valence-corrected chi connectivity index (χ2v) is 5.22. The van der Waals surface area contributed by atoms with Gasteiger partial charge in [0.05, 0.1) is 0 Å². The summed E-state index contributed by atoms with van der Waals surface area (Å²) >= 11 is 0. The molecule has 5 nitrogen and oxygen atoms in total. The van der Waals surface area contributed by atoms with Crippen LogP contribution in [-0.2, 0) is 4.79 Å². The van der Waals surface area contributed by atoms with E-state index in [9.17, 15) is 4.79 Å². The van der Waals surface area contributed by atoms with E-state index in [4.69, 9.17) is 15.2 Å². The zero-order chi connectivity index (χ0) is 16.7. The number of nitrogens with two attached hydrogens (primary N) is 1. The Morgan fingerprint density at radius 3 is 2.30 bits per heavy atom. The third-order valence-corrected chi connectivity index (χ3v) is 3.21. The van der Waals surface area contributed by atoms with E-state index >= 15 is 0 Å². The van der Waals surface area contributed by atoms with E-state index in [0.717, 1.165) is 11.3 Å². The fourth-order valence-electron chi connectivity index (χ4n) is 1.93. The number of benzene rings is 2. The predicted molar refractivity (Wildman–Crippen MR) is 90.9 cm³/mol. The zero-order valence-corrected chi connectivity index (χ0v) is 13.4. The van der Waals surface area contributed by atoms with Crippen molar-refractivity contribution < 1.29 is 14.3 Å². The summed E-state index contributed by atoms with van der Waals surface area (Å²) in [7, 11) is 0. The molecule has 0 radical (unpaired) electrons. The summed E-state index contributed by atoms with van der Waals surface area (Å²) in [6.07, 6.45) is -0.592. The van der Waals surface area contributed by atoms with E-state index in [1.54, 1.807) is 31.2 Å². The average Bonchev–Trinajstić information content (AvgIpc) is 2.56. The van der Waals surface area contributed by atoms with Gasteiger partial charge in [-0.15, -0.1) is 0 Å². The van der Waals surface area contributed by atoms with Crippen molar-refractivity contribution in [1.29, 1.82) is 0 Å². The van der Waals surface area contributed by atoms with Crippen molar-refractivity contribution in [3.05, 3.63) is 54.1 Å². The molecule has 0 aliphatic carbocycles. The van der Waals surface area contributed by atoms with Gasteiger partial charge in [0, 0.05) is 12.2 Å². The van der Waals surface area contributed by atoms with Crippen LogP contribution in [0, 0.1) is 6.92 Å². The molecule has 0 saturated heterocycles. The van der Waals surface area contributed by atoms with Crippen molar-refractivity contribution in [1.82, 2.24) is 0 Å². The third-order valence-electron chi connectivity index (χ3n) is 3.21. The quantitative estimate of drug-likeness (QED) is 0.824. The van der Waals surface area contributed by atoms with Gasteiger partial charge in [0.25, 0.3) is 5.91 Å². The highest BCUT2D eigenvalue weighted by Crippen LogP contribution is 2.17. The van der Waals surface area contributed by atoms with Crippen LogP contribution in [0.5, 0.6) is 11.5 Å². The van der Waals surface area contributed by atoms with E-state index in [-0.39, 0.29) is 5.91 Å². The summed E-state index contributed by atoms with van der Waals surface area (Å²) in [5, 5.41) is 2.81. The molecule has 0 aromatic heterocycles. The molecule has 122 valence electrons. The molecular weight excluding hydrogens is 292 g/mol. The van der Waals surface area contributed by atoms with Crippen molar-refractivity contribution in [3.63, 3.8) is 0 Å². The summed E-state index contributed by atoms with van der Waals surface area (Å²) in [5.41, 5.74) is 7.22. The molecule has 0 fully saturated rings. The number of amides is 1. The Bertz CT molecular complexity index is 624. The van der Waals surface area contributed by atoms with Crippen LogP contribution in [-0.4, -0.2) is 25.2 Å². The summed E-state index contributed by atoms with van der Waals surface area (Å²) in [5.74, 6) is 1.18. The van der Waals surface area contributed by atoms with E-state index in [1.807, 2.05) is 31.2 Å². The highest BCUT2D eigenvalue weighted by Gasteiger charge is 2.14. The Kier molecular flexibility index (Phi) is 6.00. The minimum atomic E-state index is -0.592. The number of nitrogens with one attached hydrogen (secondary N) is 1. The van der Waals surface area contributed by atoms with Gasteiger partial charge in [0.15, 0.2) is 6.10 Å². The molecular formula is C18H22N2O3. The zero-order valence-electron chi connectivity index (χ0n) is 13.4. The molecule has 0 aliphatic heterocycles. The molecule has 0 spiro atoms. The molecule has 2 aromatic carbocycles. The maximum atomic E-state index is 12.2. The number of rotatable bonds is 7. The van der Waals surface area contributed by atoms with Crippen LogP contribution in [0.4, 0.5) is 5.69 Å². The van der Waals surface area contributed by atoms with E-state index in [1.165, 1.54) is 0 Å². The molecule has 0 aliphatic rings. The Morgan fingerprint density at radius 1 is 1.09 bits per heavy atom. The molecule has 2 rings (SSSR count). The summed E-state index contributed by atoms with van der Waals surface area (Å²) < 4.78 is 11.0. The molecule has 2 aromatic rings. The Morgan fingerprint density at radius 2 is 1.70 bits per heavy atom. The smallest absolute Gasteiger partial charge is 0.265 e. The lowest BCUT2D eigenvalue weighted by Gasteiger charge is -2.15. The van der Waals surface area contributed by atoms with Crippen LogP contribution in [0.1, 0.15) is 12.5 Å². The van der Waals surface area contributed by atoms with Crippen LogP contribution < -0.4 is 20.5 Å². The molecule has 1 amide bonds. The normalized spacial score (nSPS) is 11.6. The molecule has 0 heterocycles. The standard InChI is InChI=1S/C18H22N2O3/c1-13-3-7-17(8-4-13)23-14(2)18(21)20-15-5-9-16(10-6-15)22-12-11-19/h3-10,14H,11-12,19H2,1-2H3,(H,20,21). The van der Waals surface area contributed by atoms with Gasteiger partial charge in [0.2, 0.25) is 0 Å². The van der Waals surface area contributed by atoms with Gasteiger partial charge in [-0.2, -0.15) is 0 Å². The van der Waals surface area contributed by atoms with Crippen LogP contribution in [0.15, 0.2) is 48.5 Å². The summed E-state index contributed by atoms with van der Waals surface area (Å²) in [6, 6.07) is 14.7. The molecule has 0 bridgehead atoms. The summed E-state index contributed by atoms with van der Waals surface area (Å²) in [6.45, 7) is 4.65. The second kappa shape index (κ2) is 8.19. The number of aryl methyl sites for hydroxylation is 1. The third kappa shape index (κ3) is 5.30. The van der Waals surface area contributed by atoms with Gasteiger partial charge >= 0.3 is 0 Å². The fraction of sp³-hybridized carbons (Fsp3) is 0.278. The number of carbonyl (C=O) groups is 1. The average molecular weight is 314 g/mol. The van der Waals surface area contributed by atoms with Gasteiger partial charge in [0.1, 0.15) is 18.1 Å². The molecule has 23 heavy (non-hydrogen) atoms. The second-order valence-electron chi connectivity index (χ2n) is 5.22. The lowest BCUT2D eigenvalue weighted by atomic mass is 10.2. The number of anilines is 1. The Hall–Kier alpha value is -2.53. The van der Waals surface area contributed by atoms with Gasteiger partial charge in [-0.25, -0.2) is 0 Å². The number of hydrogen-bond acceptors (Lipinski definition) is 4. The Labute approximate surface area is 136 Å². The van der Waals surface area contributed by atoms with Crippen molar-refractivity contribution in [2.24, 2.45) is 5.73 Å². The maximum Gasteiger partial charge on any atom is 0.265 e. The molecule has 1 unspecified atom stereocenters. The monoisotopic (exact) mass is 314 g/mol. The highest BCUT2D eigenvalue weighted by atomic mass is 16.5. The number of carbonyl (C=O) groups excluding carboxylic acids is 1. The minimum absolute atomic E-state index is 0.207. The predicted octanol–water partition coefficient (Wildman–Crippen LogP) is 2.74. The molecule has 3 N–H and O–H groups in total. The lowest BCUT2D eigenvalue weighted by molar-refractivity contribution is -0.122. The number of ether oxygens (including phenoxy) is 2. The molecule has 5 heteroatoms. The fourth-order valence-corrected chi connectivity index (χ4v) is 1.93. The maximum absolute atomic E-state index is 12.2. The Balaban J connectivity index is 1.88. The van der Waals surface area contributed by atoms with Crippen molar-refractivity contribution in [2.75, 3.05) is 18.5 Å². The SMILES string of the molecule is Cc1ccc(OC(C)C(=O)Nc2ccc(OCCN)cc2)cc1. The van der Waals surface area contributed by atoms with Gasteiger partial charge in [-0.1, -0.05) is 17.7 Å². The van der Waals surface area contributed by atoms with Gasteiger partial charge in [-0.3, -0.25) is 4.79 Å².